The zero-order valence-corrected chi connectivity index (χ0v) is 7.90. The molecule has 0 aromatic rings. The Hall–Kier alpha value is -0.650. The van der Waals surface area contributed by atoms with E-state index >= 15 is 0 Å². The number of aliphatic hydroxyl groups is 2. The Morgan fingerprint density at radius 2 is 1.85 bits per heavy atom. The topological polar surface area (TPSA) is 70.0 Å². The third-order valence-electron chi connectivity index (χ3n) is 1.61. The molecule has 0 heterocycles. The van der Waals surface area contributed by atoms with E-state index < -0.39 is 0 Å². The van der Waals surface area contributed by atoms with Crippen LogP contribution in [0.1, 0.15) is 6.42 Å². The number of hydrogen-bond donors (Lipinski definition) is 2. The lowest BCUT2D eigenvalue weighted by Crippen LogP contribution is -2.36. The van der Waals surface area contributed by atoms with Gasteiger partial charge in [-0.2, -0.15) is 0 Å². The fourth-order valence-corrected chi connectivity index (χ4v) is 0.950. The molecule has 0 aromatic carbocycles. The molecule has 5 nitrogen and oxygen atoms in total. The Bertz CT molecular complexity index is 134. The van der Waals surface area contributed by atoms with Crippen LogP contribution in [0.2, 0.25) is 0 Å². The van der Waals surface area contributed by atoms with E-state index in [0.29, 0.717) is 6.61 Å². The monoisotopic (exact) mass is 191 g/mol. The molecule has 0 aromatic heterocycles. The van der Waals surface area contributed by atoms with Crippen LogP contribution in [-0.4, -0.2) is 61.0 Å². The first-order chi connectivity index (χ1) is 6.26. The van der Waals surface area contributed by atoms with Crippen molar-refractivity contribution in [1.82, 2.24) is 4.90 Å². The van der Waals surface area contributed by atoms with Crippen LogP contribution in [0.15, 0.2) is 0 Å². The second-order valence-corrected chi connectivity index (χ2v) is 2.57. The van der Waals surface area contributed by atoms with Gasteiger partial charge in [-0.05, 0) is 0 Å². The number of hydrogen-bond acceptors (Lipinski definition) is 4. The summed E-state index contributed by atoms with van der Waals surface area (Å²) >= 11 is 0. The molecule has 0 aliphatic carbocycles. The predicted molar refractivity (Wildman–Crippen MR) is 47.2 cm³/mol. The molecule has 0 rings (SSSR count). The van der Waals surface area contributed by atoms with Crippen LogP contribution in [0.25, 0.3) is 0 Å². The molecule has 0 spiro atoms. The Balaban J connectivity index is 3.80. The van der Waals surface area contributed by atoms with E-state index in [2.05, 4.69) is 0 Å². The summed E-state index contributed by atoms with van der Waals surface area (Å²) in [6.07, 6.45) is 0.288. The average Bonchev–Trinajstić information content (AvgIpc) is 2.14. The summed E-state index contributed by atoms with van der Waals surface area (Å²) in [5, 5.41) is 17.3. The van der Waals surface area contributed by atoms with Gasteiger partial charge in [0.1, 0.15) is 0 Å². The maximum Gasteiger partial charge on any atom is 0.225 e. The number of amides is 1. The van der Waals surface area contributed by atoms with E-state index in [0.717, 1.165) is 0 Å². The van der Waals surface area contributed by atoms with Gasteiger partial charge >= 0.3 is 0 Å². The molecule has 0 aliphatic rings. The van der Waals surface area contributed by atoms with Gasteiger partial charge < -0.3 is 19.8 Å². The fraction of sp³-hybridized carbons (Fsp3) is 0.875. The molecular weight excluding hydrogens is 174 g/mol. The zero-order valence-electron chi connectivity index (χ0n) is 7.90. The molecule has 13 heavy (non-hydrogen) atoms. The van der Waals surface area contributed by atoms with Gasteiger partial charge in [-0.3, -0.25) is 4.79 Å². The number of rotatable bonds is 7. The number of aliphatic hydroxyl groups excluding tert-OH is 2. The van der Waals surface area contributed by atoms with Crippen LogP contribution in [0.3, 0.4) is 0 Å². The van der Waals surface area contributed by atoms with Crippen molar-refractivity contribution < 1.29 is 19.7 Å². The zero-order chi connectivity index (χ0) is 10.1. The summed E-state index contributed by atoms with van der Waals surface area (Å²) in [6, 6.07) is 0. The molecule has 0 unspecified atom stereocenters. The highest BCUT2D eigenvalue weighted by Crippen LogP contribution is 1.93. The van der Waals surface area contributed by atoms with Crippen molar-refractivity contribution in [3.8, 4) is 0 Å². The summed E-state index contributed by atoms with van der Waals surface area (Å²) in [5.74, 6) is -0.107. The lowest BCUT2D eigenvalue weighted by molar-refractivity contribution is -0.133. The van der Waals surface area contributed by atoms with Crippen molar-refractivity contribution in [2.45, 2.75) is 6.42 Å². The number of methoxy groups -OCH3 is 1. The number of carbonyl (C=O) groups is 1. The Morgan fingerprint density at radius 3 is 2.23 bits per heavy atom. The third kappa shape index (κ3) is 5.57. The van der Waals surface area contributed by atoms with Crippen LogP contribution in [0, 0.1) is 0 Å². The van der Waals surface area contributed by atoms with Crippen molar-refractivity contribution in [2.75, 3.05) is 40.0 Å². The minimum Gasteiger partial charge on any atom is -0.395 e. The predicted octanol–water partition coefficient (Wildman–Crippen LogP) is -1.16. The van der Waals surface area contributed by atoms with Gasteiger partial charge in [0.15, 0.2) is 0 Å². The summed E-state index contributed by atoms with van der Waals surface area (Å²) in [6.45, 7) is 0.732. The highest BCUT2D eigenvalue weighted by molar-refractivity contribution is 5.76. The molecule has 2 N–H and O–H groups in total. The second kappa shape index (κ2) is 7.97. The van der Waals surface area contributed by atoms with Gasteiger partial charge in [0.2, 0.25) is 5.91 Å². The van der Waals surface area contributed by atoms with E-state index in [1.165, 1.54) is 12.0 Å². The fourth-order valence-electron chi connectivity index (χ4n) is 0.950. The first-order valence-corrected chi connectivity index (χ1v) is 4.24. The SMILES string of the molecule is COCCC(=O)N(CCO)CCO. The van der Waals surface area contributed by atoms with Crippen molar-refractivity contribution in [1.29, 1.82) is 0 Å². The third-order valence-corrected chi connectivity index (χ3v) is 1.61. The van der Waals surface area contributed by atoms with Gasteiger partial charge in [-0.1, -0.05) is 0 Å². The highest BCUT2D eigenvalue weighted by atomic mass is 16.5. The Labute approximate surface area is 77.9 Å². The maximum absolute atomic E-state index is 11.3. The summed E-state index contributed by atoms with van der Waals surface area (Å²) in [5.41, 5.74) is 0. The van der Waals surface area contributed by atoms with Crippen LogP contribution >= 0.6 is 0 Å². The molecule has 1 amide bonds. The number of ether oxygens (including phenoxy) is 1. The van der Waals surface area contributed by atoms with E-state index in [4.69, 9.17) is 14.9 Å². The molecule has 0 radical (unpaired) electrons. The molecule has 0 aliphatic heterocycles. The van der Waals surface area contributed by atoms with Gasteiger partial charge in [0.05, 0.1) is 26.2 Å². The maximum atomic E-state index is 11.3. The second-order valence-electron chi connectivity index (χ2n) is 2.57. The average molecular weight is 191 g/mol. The highest BCUT2D eigenvalue weighted by Gasteiger charge is 2.11. The number of carbonyl (C=O) groups excluding carboxylic acids is 1. The van der Waals surface area contributed by atoms with E-state index in [9.17, 15) is 4.79 Å². The van der Waals surface area contributed by atoms with Crippen LogP contribution < -0.4 is 0 Å². The Morgan fingerprint density at radius 1 is 1.31 bits per heavy atom. The van der Waals surface area contributed by atoms with E-state index in [-0.39, 0.29) is 38.6 Å². The lowest BCUT2D eigenvalue weighted by Gasteiger charge is -2.20. The molecule has 78 valence electrons. The minimum atomic E-state index is -0.107. The van der Waals surface area contributed by atoms with Crippen molar-refractivity contribution in [3.05, 3.63) is 0 Å². The summed E-state index contributed by atoms with van der Waals surface area (Å²) < 4.78 is 4.75. The first kappa shape index (κ1) is 12.3. The largest absolute Gasteiger partial charge is 0.395 e. The van der Waals surface area contributed by atoms with E-state index in [1.54, 1.807) is 0 Å². The normalized spacial score (nSPS) is 10.1. The number of nitrogens with zero attached hydrogens (tertiary/aromatic N) is 1. The smallest absolute Gasteiger partial charge is 0.225 e. The molecule has 0 saturated carbocycles. The van der Waals surface area contributed by atoms with E-state index in [1.807, 2.05) is 0 Å². The Kier molecular flexibility index (Phi) is 7.57. The molecule has 0 atom stereocenters. The van der Waals surface area contributed by atoms with Crippen LogP contribution in [0.5, 0.6) is 0 Å². The van der Waals surface area contributed by atoms with Gasteiger partial charge in [-0.25, -0.2) is 0 Å². The van der Waals surface area contributed by atoms with Crippen LogP contribution in [-0.2, 0) is 9.53 Å². The molecular formula is C8H17NO4. The first-order valence-electron chi connectivity index (χ1n) is 4.24. The summed E-state index contributed by atoms with van der Waals surface area (Å²) in [4.78, 5) is 12.7. The minimum absolute atomic E-state index is 0.0846. The summed E-state index contributed by atoms with van der Waals surface area (Å²) in [7, 11) is 1.52. The van der Waals surface area contributed by atoms with Crippen molar-refractivity contribution >= 4 is 5.91 Å². The van der Waals surface area contributed by atoms with Crippen LogP contribution in [0.4, 0.5) is 0 Å². The standard InChI is InChI=1S/C8H17NO4/c1-13-7-2-8(12)9(3-5-10)4-6-11/h10-11H,2-7H2,1H3. The van der Waals surface area contributed by atoms with Gasteiger partial charge in [-0.15, -0.1) is 0 Å². The quantitative estimate of drug-likeness (QED) is 0.532. The van der Waals surface area contributed by atoms with Crippen molar-refractivity contribution in [3.63, 3.8) is 0 Å². The molecule has 0 bridgehead atoms. The molecule has 0 saturated heterocycles. The van der Waals surface area contributed by atoms with Crippen molar-refractivity contribution in [2.24, 2.45) is 0 Å². The lowest BCUT2D eigenvalue weighted by atomic mass is 10.3. The van der Waals surface area contributed by atoms with Gasteiger partial charge in [0, 0.05) is 20.2 Å². The molecule has 0 fully saturated rings. The molecule has 5 heteroatoms. The van der Waals surface area contributed by atoms with Gasteiger partial charge in [0.25, 0.3) is 0 Å².